The second-order valence-electron chi connectivity index (χ2n) is 5.29. The van der Waals surface area contributed by atoms with Crippen LogP contribution in [0.3, 0.4) is 0 Å². The number of hydrogen-bond donors (Lipinski definition) is 1. The van der Waals surface area contributed by atoms with E-state index in [1.54, 1.807) is 10.4 Å². The normalized spacial score (nSPS) is 19.9. The smallest absolute Gasteiger partial charge is 0.247 e. The summed E-state index contributed by atoms with van der Waals surface area (Å²) in [7, 11) is -3.53. The Balaban J connectivity index is 1.96. The maximum absolute atomic E-state index is 12.7. The fourth-order valence-electron chi connectivity index (χ4n) is 2.13. The van der Waals surface area contributed by atoms with Gasteiger partial charge in [0.25, 0.3) is 0 Å². The second-order valence-corrected chi connectivity index (χ2v) is 8.06. The Morgan fingerprint density at radius 1 is 1.37 bits per heavy atom. The number of nitrogen functional groups attached to an aromatic ring is 1. The lowest BCUT2D eigenvalue weighted by molar-refractivity contribution is 0.389. The molecule has 1 heterocycles. The SMILES string of the molecule is Nc1ncc(Br)cc1S(=O)(=O)N(CC1CC1)C1CC1. The molecule has 0 unspecified atom stereocenters. The summed E-state index contributed by atoms with van der Waals surface area (Å²) in [5, 5.41) is 0. The number of hydrogen-bond acceptors (Lipinski definition) is 4. The molecule has 104 valence electrons. The number of halogens is 1. The summed E-state index contributed by atoms with van der Waals surface area (Å²) in [5.41, 5.74) is 5.74. The van der Waals surface area contributed by atoms with Crippen LogP contribution in [0.25, 0.3) is 0 Å². The predicted octanol–water partition coefficient (Wildman–Crippen LogP) is 1.99. The van der Waals surface area contributed by atoms with Crippen molar-refractivity contribution in [1.29, 1.82) is 0 Å². The van der Waals surface area contributed by atoms with Crippen LogP contribution >= 0.6 is 15.9 Å². The van der Waals surface area contributed by atoms with Crippen molar-refractivity contribution in [1.82, 2.24) is 9.29 Å². The summed E-state index contributed by atoms with van der Waals surface area (Å²) in [6.07, 6.45) is 5.67. The average Bonchev–Trinajstić information content (AvgIpc) is 3.22. The quantitative estimate of drug-likeness (QED) is 0.885. The molecule has 2 saturated carbocycles. The molecular weight excluding hydrogens is 330 g/mol. The van der Waals surface area contributed by atoms with Crippen LogP contribution in [0.2, 0.25) is 0 Å². The first-order valence-electron chi connectivity index (χ1n) is 6.41. The average molecular weight is 346 g/mol. The molecule has 0 spiro atoms. The van der Waals surface area contributed by atoms with Crippen LogP contribution in [0.1, 0.15) is 25.7 Å². The van der Waals surface area contributed by atoms with E-state index in [1.165, 1.54) is 6.20 Å². The van der Waals surface area contributed by atoms with E-state index in [9.17, 15) is 8.42 Å². The topological polar surface area (TPSA) is 76.3 Å². The molecule has 2 fully saturated rings. The summed E-state index contributed by atoms with van der Waals surface area (Å²) in [6, 6.07) is 1.70. The van der Waals surface area contributed by atoms with Crippen LogP contribution in [-0.4, -0.2) is 30.3 Å². The molecule has 2 N–H and O–H groups in total. The summed E-state index contributed by atoms with van der Waals surface area (Å²) in [4.78, 5) is 4.05. The minimum Gasteiger partial charge on any atom is -0.383 e. The minimum absolute atomic E-state index is 0.0737. The second kappa shape index (κ2) is 4.71. The summed E-state index contributed by atoms with van der Waals surface area (Å²) in [6.45, 7) is 0.624. The molecular formula is C12H16BrN3O2S. The first-order chi connectivity index (χ1) is 8.98. The van der Waals surface area contributed by atoms with Crippen molar-refractivity contribution in [2.24, 2.45) is 5.92 Å². The van der Waals surface area contributed by atoms with Gasteiger partial charge in [-0.15, -0.1) is 0 Å². The number of nitrogens with zero attached hydrogens (tertiary/aromatic N) is 2. The summed E-state index contributed by atoms with van der Waals surface area (Å²) >= 11 is 3.25. The highest BCUT2D eigenvalue weighted by Crippen LogP contribution is 2.38. The van der Waals surface area contributed by atoms with Gasteiger partial charge < -0.3 is 5.73 Å². The van der Waals surface area contributed by atoms with Gasteiger partial charge in [-0.1, -0.05) is 0 Å². The monoisotopic (exact) mass is 345 g/mol. The van der Waals surface area contributed by atoms with Gasteiger partial charge in [-0.3, -0.25) is 0 Å². The maximum Gasteiger partial charge on any atom is 0.247 e. The van der Waals surface area contributed by atoms with E-state index in [0.29, 0.717) is 16.9 Å². The molecule has 0 aliphatic heterocycles. The number of aromatic nitrogens is 1. The van der Waals surface area contributed by atoms with Gasteiger partial charge in [-0.2, -0.15) is 4.31 Å². The van der Waals surface area contributed by atoms with Crippen molar-refractivity contribution < 1.29 is 8.42 Å². The van der Waals surface area contributed by atoms with Gasteiger partial charge in [0.2, 0.25) is 10.0 Å². The first-order valence-corrected chi connectivity index (χ1v) is 8.64. The van der Waals surface area contributed by atoms with E-state index in [0.717, 1.165) is 25.7 Å². The molecule has 1 aromatic heterocycles. The van der Waals surface area contributed by atoms with E-state index in [4.69, 9.17) is 5.73 Å². The van der Waals surface area contributed by atoms with Gasteiger partial charge in [0.15, 0.2) is 0 Å². The Hall–Kier alpha value is -0.660. The highest BCUT2D eigenvalue weighted by atomic mass is 79.9. The zero-order valence-corrected chi connectivity index (χ0v) is 12.8. The molecule has 0 bridgehead atoms. The Bertz CT molecular complexity index is 597. The third kappa shape index (κ3) is 2.78. The zero-order chi connectivity index (χ0) is 13.6. The number of nitrogens with two attached hydrogens (primary N) is 1. The highest BCUT2D eigenvalue weighted by Gasteiger charge is 2.41. The number of sulfonamides is 1. The van der Waals surface area contributed by atoms with Gasteiger partial charge in [0, 0.05) is 23.3 Å². The zero-order valence-electron chi connectivity index (χ0n) is 10.4. The van der Waals surface area contributed by atoms with E-state index in [-0.39, 0.29) is 16.8 Å². The van der Waals surface area contributed by atoms with Crippen molar-refractivity contribution in [3.63, 3.8) is 0 Å². The molecule has 1 aromatic rings. The molecule has 7 heteroatoms. The van der Waals surface area contributed by atoms with E-state index in [1.807, 2.05) is 0 Å². The van der Waals surface area contributed by atoms with Crippen LogP contribution in [0.15, 0.2) is 21.6 Å². The lowest BCUT2D eigenvalue weighted by atomic mass is 10.4. The largest absolute Gasteiger partial charge is 0.383 e. The molecule has 5 nitrogen and oxygen atoms in total. The van der Waals surface area contributed by atoms with Crippen molar-refractivity contribution in [3.05, 3.63) is 16.7 Å². The van der Waals surface area contributed by atoms with Crippen molar-refractivity contribution in [3.8, 4) is 0 Å². The molecule has 3 rings (SSSR count). The molecule has 0 saturated heterocycles. The van der Waals surface area contributed by atoms with Gasteiger partial charge in [0.1, 0.15) is 10.7 Å². The molecule has 0 amide bonds. The fourth-order valence-corrected chi connectivity index (χ4v) is 4.46. The van der Waals surface area contributed by atoms with Crippen LogP contribution in [-0.2, 0) is 10.0 Å². The number of anilines is 1. The van der Waals surface area contributed by atoms with Gasteiger partial charge in [0.05, 0.1) is 0 Å². The molecule has 2 aliphatic rings. The van der Waals surface area contributed by atoms with Gasteiger partial charge >= 0.3 is 0 Å². The standard InChI is InChI=1S/C12H16BrN3O2S/c13-9-5-11(12(14)15-6-9)19(17,18)16(10-3-4-10)7-8-1-2-8/h5-6,8,10H,1-4,7H2,(H2,14,15). The summed E-state index contributed by atoms with van der Waals surface area (Å²) in [5.74, 6) is 0.598. The Labute approximate surface area is 121 Å². The molecule has 0 aromatic carbocycles. The third-order valence-corrected chi connectivity index (χ3v) is 5.91. The Kier molecular flexibility index (Phi) is 3.31. The molecule has 19 heavy (non-hydrogen) atoms. The third-order valence-electron chi connectivity index (χ3n) is 3.52. The first kappa shape index (κ1) is 13.3. The van der Waals surface area contributed by atoms with E-state index in [2.05, 4.69) is 20.9 Å². The minimum atomic E-state index is -3.53. The molecule has 0 radical (unpaired) electrons. The summed E-state index contributed by atoms with van der Waals surface area (Å²) < 4.78 is 27.7. The lowest BCUT2D eigenvalue weighted by Gasteiger charge is -2.22. The fraction of sp³-hybridized carbons (Fsp3) is 0.583. The number of pyridine rings is 1. The van der Waals surface area contributed by atoms with Crippen LogP contribution in [0, 0.1) is 5.92 Å². The van der Waals surface area contributed by atoms with Gasteiger partial charge in [-0.05, 0) is 53.6 Å². The maximum atomic E-state index is 12.7. The van der Waals surface area contributed by atoms with Crippen LogP contribution in [0.5, 0.6) is 0 Å². The van der Waals surface area contributed by atoms with E-state index < -0.39 is 10.0 Å². The van der Waals surface area contributed by atoms with Gasteiger partial charge in [-0.25, -0.2) is 13.4 Å². The molecule has 0 atom stereocenters. The van der Waals surface area contributed by atoms with Crippen LogP contribution in [0.4, 0.5) is 5.82 Å². The Morgan fingerprint density at radius 2 is 2.05 bits per heavy atom. The Morgan fingerprint density at radius 3 is 2.63 bits per heavy atom. The highest BCUT2D eigenvalue weighted by molar-refractivity contribution is 9.10. The van der Waals surface area contributed by atoms with Crippen molar-refractivity contribution in [2.45, 2.75) is 36.6 Å². The van der Waals surface area contributed by atoms with Crippen LogP contribution < -0.4 is 5.73 Å². The number of rotatable bonds is 5. The van der Waals surface area contributed by atoms with Crippen molar-refractivity contribution >= 4 is 31.8 Å². The predicted molar refractivity (Wildman–Crippen MR) is 76.0 cm³/mol. The van der Waals surface area contributed by atoms with E-state index >= 15 is 0 Å². The van der Waals surface area contributed by atoms with Crippen molar-refractivity contribution in [2.75, 3.05) is 12.3 Å². The lowest BCUT2D eigenvalue weighted by Crippen LogP contribution is -2.35. The molecule has 2 aliphatic carbocycles.